The highest BCUT2D eigenvalue weighted by Gasteiger charge is 2.12. The molecule has 0 fully saturated rings. The summed E-state index contributed by atoms with van der Waals surface area (Å²) in [5, 5.41) is 0. The van der Waals surface area contributed by atoms with Crippen molar-refractivity contribution < 1.29 is 9.53 Å². The molecule has 0 unspecified atom stereocenters. The molecule has 0 radical (unpaired) electrons. The van der Waals surface area contributed by atoms with Crippen LogP contribution < -0.4 is 5.73 Å². The van der Waals surface area contributed by atoms with E-state index in [4.69, 9.17) is 5.73 Å². The fraction of sp³-hybridized carbons (Fsp3) is 0.200. The van der Waals surface area contributed by atoms with E-state index in [9.17, 15) is 4.79 Å². The van der Waals surface area contributed by atoms with E-state index in [1.165, 1.54) is 19.8 Å². The van der Waals surface area contributed by atoms with Gasteiger partial charge in [-0.05, 0) is 0 Å². The molecule has 7 nitrogen and oxygen atoms in total. The van der Waals surface area contributed by atoms with Crippen molar-refractivity contribution in [2.24, 2.45) is 0 Å². The largest absolute Gasteiger partial charge is 0.466 e. The molecule has 2 aromatic heterocycles. The molecule has 0 aromatic carbocycles. The Kier molecular flexibility index (Phi) is 2.73. The molecule has 0 amide bonds. The highest BCUT2D eigenvalue weighted by Crippen LogP contribution is 2.15. The van der Waals surface area contributed by atoms with Gasteiger partial charge in [-0.2, -0.15) is 0 Å². The molecule has 0 spiro atoms. The van der Waals surface area contributed by atoms with E-state index in [0.717, 1.165) is 0 Å². The Labute approximate surface area is 96.9 Å². The number of nitrogens with two attached hydrogens (primary N) is 1. The normalized spacial score (nSPS) is 10.4. The number of hydrogen-bond donors (Lipinski definition) is 1. The van der Waals surface area contributed by atoms with Gasteiger partial charge in [0.2, 0.25) is 0 Å². The minimum atomic E-state index is -0.464. The summed E-state index contributed by atoms with van der Waals surface area (Å²) in [5.74, 6) is -0.161. The smallest absolute Gasteiger partial charge is 0.334 e. The van der Waals surface area contributed by atoms with Gasteiger partial charge in [-0.25, -0.2) is 19.7 Å². The summed E-state index contributed by atoms with van der Waals surface area (Å²) in [4.78, 5) is 23.2. The third-order valence-corrected chi connectivity index (χ3v) is 2.26. The second kappa shape index (κ2) is 4.20. The number of methoxy groups -OCH3 is 1. The number of hydrogen-bond acceptors (Lipinski definition) is 6. The van der Waals surface area contributed by atoms with Crippen molar-refractivity contribution >= 4 is 23.0 Å². The van der Waals surface area contributed by atoms with E-state index >= 15 is 0 Å². The molecular formula is C10H11N5O2. The van der Waals surface area contributed by atoms with Gasteiger partial charge in [0.05, 0.1) is 20.0 Å². The van der Waals surface area contributed by atoms with Crippen molar-refractivity contribution in [3.63, 3.8) is 0 Å². The van der Waals surface area contributed by atoms with Crippen molar-refractivity contribution in [2.45, 2.75) is 6.54 Å². The van der Waals surface area contributed by atoms with Crippen LogP contribution in [0.25, 0.3) is 11.2 Å². The van der Waals surface area contributed by atoms with Gasteiger partial charge >= 0.3 is 5.97 Å². The number of carbonyl (C=O) groups excluding carboxylic acids is 1. The standard InChI is InChI=1S/C10H11N5O2/c1-6(10(16)17-2)3-15-5-14-7-8(11)12-4-13-9(7)15/h4-5H,1,3H2,2H3,(H2,11,12,13). The van der Waals surface area contributed by atoms with Crippen LogP contribution in [-0.2, 0) is 16.1 Å². The summed E-state index contributed by atoms with van der Waals surface area (Å²) in [6, 6.07) is 0. The molecule has 2 aromatic rings. The number of carbonyl (C=O) groups is 1. The Morgan fingerprint density at radius 2 is 2.29 bits per heavy atom. The first-order valence-electron chi connectivity index (χ1n) is 4.81. The lowest BCUT2D eigenvalue weighted by Crippen LogP contribution is -2.10. The van der Waals surface area contributed by atoms with Crippen LogP contribution in [0.3, 0.4) is 0 Å². The number of anilines is 1. The highest BCUT2D eigenvalue weighted by molar-refractivity contribution is 5.88. The van der Waals surface area contributed by atoms with E-state index in [2.05, 4.69) is 26.3 Å². The Hall–Kier alpha value is -2.44. The van der Waals surface area contributed by atoms with Gasteiger partial charge in [0.25, 0.3) is 0 Å². The van der Waals surface area contributed by atoms with Crippen LogP contribution in [0.2, 0.25) is 0 Å². The van der Waals surface area contributed by atoms with Crippen molar-refractivity contribution in [1.82, 2.24) is 19.5 Å². The van der Waals surface area contributed by atoms with Crippen LogP contribution in [-0.4, -0.2) is 32.6 Å². The maximum Gasteiger partial charge on any atom is 0.334 e. The quantitative estimate of drug-likeness (QED) is 0.598. The minimum absolute atomic E-state index is 0.250. The lowest BCUT2D eigenvalue weighted by Gasteiger charge is -2.05. The Morgan fingerprint density at radius 3 is 3.00 bits per heavy atom. The summed E-state index contributed by atoms with van der Waals surface area (Å²) < 4.78 is 6.23. The third kappa shape index (κ3) is 1.94. The lowest BCUT2D eigenvalue weighted by molar-refractivity contribution is -0.136. The maximum atomic E-state index is 11.2. The topological polar surface area (TPSA) is 95.9 Å². The molecule has 7 heteroatoms. The molecule has 0 bridgehead atoms. The molecule has 0 saturated carbocycles. The number of aromatic nitrogens is 4. The molecule has 2 rings (SSSR count). The second-order valence-electron chi connectivity index (χ2n) is 3.40. The fourth-order valence-corrected chi connectivity index (χ4v) is 1.43. The summed E-state index contributed by atoms with van der Waals surface area (Å²) in [6.45, 7) is 3.88. The van der Waals surface area contributed by atoms with Gasteiger partial charge in [0.1, 0.15) is 11.8 Å². The van der Waals surface area contributed by atoms with Crippen LogP contribution in [0.5, 0.6) is 0 Å². The zero-order chi connectivity index (χ0) is 12.4. The Balaban J connectivity index is 2.34. The molecule has 2 N–H and O–H groups in total. The van der Waals surface area contributed by atoms with Gasteiger partial charge < -0.3 is 15.0 Å². The van der Waals surface area contributed by atoms with Gasteiger partial charge in [0, 0.05) is 5.57 Å². The number of nitrogens with zero attached hydrogens (tertiary/aromatic N) is 4. The van der Waals surface area contributed by atoms with Gasteiger partial charge in [-0.15, -0.1) is 0 Å². The first-order valence-corrected chi connectivity index (χ1v) is 4.81. The Morgan fingerprint density at radius 1 is 1.53 bits per heavy atom. The molecule has 0 aliphatic rings. The lowest BCUT2D eigenvalue weighted by atomic mass is 10.3. The summed E-state index contributed by atoms with van der Waals surface area (Å²) >= 11 is 0. The number of fused-ring (bicyclic) bond motifs is 1. The molecule has 17 heavy (non-hydrogen) atoms. The zero-order valence-corrected chi connectivity index (χ0v) is 9.25. The van der Waals surface area contributed by atoms with Crippen LogP contribution in [0.15, 0.2) is 24.8 Å². The number of imidazole rings is 1. The molecule has 0 saturated heterocycles. The Bertz CT molecular complexity index is 589. The molecule has 0 aliphatic carbocycles. The van der Waals surface area contributed by atoms with E-state index in [-0.39, 0.29) is 6.54 Å². The molecular weight excluding hydrogens is 222 g/mol. The van der Waals surface area contributed by atoms with Gasteiger partial charge in [0.15, 0.2) is 11.5 Å². The molecule has 2 heterocycles. The molecule has 0 aliphatic heterocycles. The second-order valence-corrected chi connectivity index (χ2v) is 3.40. The zero-order valence-electron chi connectivity index (χ0n) is 9.25. The summed E-state index contributed by atoms with van der Waals surface area (Å²) in [6.07, 6.45) is 2.88. The van der Waals surface area contributed by atoms with Crippen LogP contribution in [0, 0.1) is 0 Å². The van der Waals surface area contributed by atoms with E-state index in [0.29, 0.717) is 22.6 Å². The summed E-state index contributed by atoms with van der Waals surface area (Å²) in [7, 11) is 1.31. The first-order chi connectivity index (χ1) is 8.13. The third-order valence-electron chi connectivity index (χ3n) is 2.26. The number of rotatable bonds is 3. The molecule has 0 atom stereocenters. The van der Waals surface area contributed by atoms with Crippen molar-refractivity contribution in [3.8, 4) is 0 Å². The van der Waals surface area contributed by atoms with Crippen molar-refractivity contribution in [1.29, 1.82) is 0 Å². The van der Waals surface area contributed by atoms with Gasteiger partial charge in [-0.1, -0.05) is 6.58 Å². The first kappa shape index (κ1) is 11.1. The van der Waals surface area contributed by atoms with E-state index in [1.54, 1.807) is 4.57 Å². The van der Waals surface area contributed by atoms with Crippen molar-refractivity contribution in [3.05, 3.63) is 24.8 Å². The maximum absolute atomic E-state index is 11.2. The predicted octanol–water partition coefficient (Wildman–Crippen LogP) is 0.138. The number of ether oxygens (including phenoxy) is 1. The number of nitrogen functional groups attached to an aromatic ring is 1. The predicted molar refractivity (Wildman–Crippen MR) is 60.9 cm³/mol. The van der Waals surface area contributed by atoms with Crippen molar-refractivity contribution in [2.75, 3.05) is 12.8 Å². The number of esters is 1. The monoisotopic (exact) mass is 233 g/mol. The average molecular weight is 233 g/mol. The fourth-order valence-electron chi connectivity index (χ4n) is 1.43. The minimum Gasteiger partial charge on any atom is -0.466 e. The highest BCUT2D eigenvalue weighted by atomic mass is 16.5. The van der Waals surface area contributed by atoms with Crippen LogP contribution in [0.1, 0.15) is 0 Å². The van der Waals surface area contributed by atoms with Gasteiger partial charge in [-0.3, -0.25) is 0 Å². The average Bonchev–Trinajstić information content (AvgIpc) is 2.73. The molecule has 88 valence electrons. The van der Waals surface area contributed by atoms with Crippen LogP contribution >= 0.6 is 0 Å². The van der Waals surface area contributed by atoms with Crippen LogP contribution in [0.4, 0.5) is 5.82 Å². The van der Waals surface area contributed by atoms with E-state index in [1.807, 2.05) is 0 Å². The SMILES string of the molecule is C=C(Cn1cnc2c(N)ncnc21)C(=O)OC. The summed E-state index contributed by atoms with van der Waals surface area (Å²) in [5.41, 5.74) is 7.02. The van der Waals surface area contributed by atoms with E-state index < -0.39 is 5.97 Å².